The highest BCUT2D eigenvalue weighted by atomic mass is 35.5. The summed E-state index contributed by atoms with van der Waals surface area (Å²) in [7, 11) is 0. The molecule has 0 saturated heterocycles. The van der Waals surface area contributed by atoms with Crippen LogP contribution in [0.3, 0.4) is 0 Å². The molecule has 0 amide bonds. The molecule has 0 saturated carbocycles. The highest BCUT2D eigenvalue weighted by molar-refractivity contribution is 8.04. The number of rotatable bonds is 1. The van der Waals surface area contributed by atoms with E-state index in [2.05, 4.69) is 31.2 Å². The Bertz CT molecular complexity index is 241. The minimum atomic E-state index is 0. The fourth-order valence-electron chi connectivity index (χ4n) is 1.26. The molecule has 1 aliphatic carbocycles. The van der Waals surface area contributed by atoms with E-state index in [0.29, 0.717) is 0 Å². The maximum atomic E-state index is 2.36. The van der Waals surface area contributed by atoms with Gasteiger partial charge in [-0.15, -0.1) is 36.6 Å². The van der Waals surface area contributed by atoms with Crippen LogP contribution in [-0.4, -0.2) is 5.25 Å². The van der Waals surface area contributed by atoms with Gasteiger partial charge in [0.2, 0.25) is 0 Å². The molecule has 0 aromatic rings. The lowest BCUT2D eigenvalue weighted by molar-refractivity contribution is 0.984. The SMILES string of the molecule is CCC1C=C2C=CC=C2S1.Cl.Cl. The molecule has 68 valence electrons. The van der Waals surface area contributed by atoms with E-state index in [1.807, 2.05) is 11.8 Å². The summed E-state index contributed by atoms with van der Waals surface area (Å²) in [6, 6.07) is 0. The smallest absolute Gasteiger partial charge is 0.0281 e. The Morgan fingerprint density at radius 2 is 2.17 bits per heavy atom. The molecule has 1 unspecified atom stereocenters. The van der Waals surface area contributed by atoms with Crippen molar-refractivity contribution in [3.05, 3.63) is 34.8 Å². The van der Waals surface area contributed by atoms with E-state index in [0.717, 1.165) is 5.25 Å². The molecule has 0 nitrogen and oxygen atoms in total. The largest absolute Gasteiger partial charge is 0.147 e. The highest BCUT2D eigenvalue weighted by Gasteiger charge is 2.19. The summed E-state index contributed by atoms with van der Waals surface area (Å²) < 4.78 is 0. The van der Waals surface area contributed by atoms with Crippen LogP contribution < -0.4 is 0 Å². The first-order valence-electron chi connectivity index (χ1n) is 3.67. The van der Waals surface area contributed by atoms with Gasteiger partial charge in [0.25, 0.3) is 0 Å². The first kappa shape index (κ1) is 12.2. The Hall–Kier alpha value is 0.150. The lowest BCUT2D eigenvalue weighted by Gasteiger charge is -1.99. The minimum absolute atomic E-state index is 0. The molecule has 0 fully saturated rings. The van der Waals surface area contributed by atoms with Gasteiger partial charge in [0.05, 0.1) is 0 Å². The molecule has 0 spiro atoms. The zero-order chi connectivity index (χ0) is 6.97. The first-order valence-corrected chi connectivity index (χ1v) is 4.55. The Labute approximate surface area is 90.0 Å². The lowest BCUT2D eigenvalue weighted by atomic mass is 10.2. The Morgan fingerprint density at radius 3 is 2.75 bits per heavy atom. The van der Waals surface area contributed by atoms with Crippen molar-refractivity contribution in [3.63, 3.8) is 0 Å². The first-order chi connectivity index (χ1) is 4.90. The van der Waals surface area contributed by atoms with Gasteiger partial charge >= 0.3 is 0 Å². The summed E-state index contributed by atoms with van der Waals surface area (Å²) in [6.45, 7) is 2.24. The molecule has 1 aliphatic heterocycles. The van der Waals surface area contributed by atoms with Crippen LogP contribution in [0.5, 0.6) is 0 Å². The number of allylic oxidation sites excluding steroid dienone is 4. The van der Waals surface area contributed by atoms with Gasteiger partial charge in [-0.2, -0.15) is 0 Å². The molecule has 0 N–H and O–H groups in total. The molecule has 1 heterocycles. The van der Waals surface area contributed by atoms with Crippen LogP contribution in [0.4, 0.5) is 0 Å². The molecule has 0 bridgehead atoms. The van der Waals surface area contributed by atoms with Crippen molar-refractivity contribution in [1.29, 1.82) is 0 Å². The maximum absolute atomic E-state index is 2.36. The van der Waals surface area contributed by atoms with Gasteiger partial charge in [-0.25, -0.2) is 0 Å². The fraction of sp³-hybridized carbons (Fsp3) is 0.333. The van der Waals surface area contributed by atoms with Crippen molar-refractivity contribution in [2.24, 2.45) is 0 Å². The summed E-state index contributed by atoms with van der Waals surface area (Å²) in [5, 5.41) is 0.742. The molecule has 2 aliphatic rings. The van der Waals surface area contributed by atoms with E-state index in [1.54, 1.807) is 0 Å². The summed E-state index contributed by atoms with van der Waals surface area (Å²) in [4.78, 5) is 1.46. The molecule has 3 heteroatoms. The average molecular weight is 223 g/mol. The predicted octanol–water partition coefficient (Wildman–Crippen LogP) is 3.74. The van der Waals surface area contributed by atoms with Crippen LogP contribution in [-0.2, 0) is 0 Å². The van der Waals surface area contributed by atoms with Crippen LogP contribution in [0, 0.1) is 0 Å². The van der Waals surface area contributed by atoms with Crippen molar-refractivity contribution in [2.45, 2.75) is 18.6 Å². The summed E-state index contributed by atoms with van der Waals surface area (Å²) in [5.74, 6) is 0. The second-order valence-corrected chi connectivity index (χ2v) is 3.86. The Kier molecular flexibility index (Phi) is 5.07. The third kappa shape index (κ3) is 2.09. The Balaban J connectivity index is 0.000000605. The molecular weight excluding hydrogens is 211 g/mol. The van der Waals surface area contributed by atoms with Gasteiger partial charge in [0.15, 0.2) is 0 Å². The van der Waals surface area contributed by atoms with Gasteiger partial charge in [0.1, 0.15) is 0 Å². The van der Waals surface area contributed by atoms with Gasteiger partial charge in [-0.05, 0) is 18.1 Å². The third-order valence-electron chi connectivity index (χ3n) is 1.85. The predicted molar refractivity (Wildman–Crippen MR) is 61.5 cm³/mol. The molecule has 0 radical (unpaired) electrons. The third-order valence-corrected chi connectivity index (χ3v) is 3.25. The van der Waals surface area contributed by atoms with E-state index in [-0.39, 0.29) is 24.8 Å². The number of hydrogen-bond donors (Lipinski definition) is 0. The van der Waals surface area contributed by atoms with Crippen molar-refractivity contribution in [3.8, 4) is 0 Å². The number of thioether (sulfide) groups is 1. The van der Waals surface area contributed by atoms with E-state index in [9.17, 15) is 0 Å². The highest BCUT2D eigenvalue weighted by Crippen LogP contribution is 2.41. The average Bonchev–Trinajstić information content (AvgIpc) is 2.42. The normalized spacial score (nSPS) is 23.6. The summed E-state index contributed by atoms with van der Waals surface area (Å²) in [5.41, 5.74) is 1.44. The minimum Gasteiger partial charge on any atom is -0.147 e. The molecular formula is C9H12Cl2S. The van der Waals surface area contributed by atoms with E-state index < -0.39 is 0 Å². The number of halogens is 2. The quantitative estimate of drug-likeness (QED) is 0.652. The maximum Gasteiger partial charge on any atom is 0.0281 e. The van der Waals surface area contributed by atoms with Crippen molar-refractivity contribution >= 4 is 36.6 Å². The lowest BCUT2D eigenvalue weighted by Crippen LogP contribution is -1.88. The zero-order valence-electron chi connectivity index (χ0n) is 6.82. The van der Waals surface area contributed by atoms with E-state index >= 15 is 0 Å². The number of hydrogen-bond acceptors (Lipinski definition) is 1. The van der Waals surface area contributed by atoms with Crippen LogP contribution in [0.25, 0.3) is 0 Å². The molecule has 2 rings (SSSR count). The Morgan fingerprint density at radius 1 is 1.42 bits per heavy atom. The molecule has 1 atom stereocenters. The van der Waals surface area contributed by atoms with Crippen LogP contribution in [0.15, 0.2) is 34.8 Å². The topological polar surface area (TPSA) is 0 Å². The molecule has 12 heavy (non-hydrogen) atoms. The van der Waals surface area contributed by atoms with E-state index in [1.165, 1.54) is 16.9 Å². The van der Waals surface area contributed by atoms with Gasteiger partial charge in [0, 0.05) is 10.2 Å². The van der Waals surface area contributed by atoms with Crippen molar-refractivity contribution in [1.82, 2.24) is 0 Å². The van der Waals surface area contributed by atoms with E-state index in [4.69, 9.17) is 0 Å². The standard InChI is InChI=1S/C9H10S.2ClH/c1-2-8-6-7-4-3-5-9(7)10-8;;/h3-6,8H,2H2,1H3;2*1H. The van der Waals surface area contributed by atoms with Crippen LogP contribution in [0.2, 0.25) is 0 Å². The molecule has 0 aromatic heterocycles. The second kappa shape index (κ2) is 5.00. The van der Waals surface area contributed by atoms with Gasteiger partial charge < -0.3 is 0 Å². The summed E-state index contributed by atoms with van der Waals surface area (Å²) in [6.07, 6.45) is 10.1. The second-order valence-electron chi connectivity index (χ2n) is 2.58. The molecule has 0 aromatic carbocycles. The number of fused-ring (bicyclic) bond motifs is 1. The fourth-order valence-corrected chi connectivity index (χ4v) is 2.40. The van der Waals surface area contributed by atoms with Crippen LogP contribution >= 0.6 is 36.6 Å². The van der Waals surface area contributed by atoms with Crippen molar-refractivity contribution in [2.75, 3.05) is 0 Å². The van der Waals surface area contributed by atoms with Gasteiger partial charge in [-0.3, -0.25) is 0 Å². The van der Waals surface area contributed by atoms with Crippen LogP contribution in [0.1, 0.15) is 13.3 Å². The monoisotopic (exact) mass is 222 g/mol. The van der Waals surface area contributed by atoms with Gasteiger partial charge in [-0.1, -0.05) is 25.2 Å². The summed E-state index contributed by atoms with van der Waals surface area (Å²) >= 11 is 1.99. The zero-order valence-corrected chi connectivity index (χ0v) is 9.27. The van der Waals surface area contributed by atoms with Crippen molar-refractivity contribution < 1.29 is 0 Å².